The van der Waals surface area contributed by atoms with Gasteiger partial charge in [-0.15, -0.1) is 0 Å². The molecule has 0 radical (unpaired) electrons. The molecule has 102 valence electrons. The predicted molar refractivity (Wildman–Crippen MR) is 75.0 cm³/mol. The number of esters is 1. The predicted octanol–water partition coefficient (Wildman–Crippen LogP) is 3.10. The lowest BCUT2D eigenvalue weighted by atomic mass is 10.0. The summed E-state index contributed by atoms with van der Waals surface area (Å²) in [6.45, 7) is 6.13. The van der Waals surface area contributed by atoms with Crippen LogP contribution in [0.3, 0.4) is 0 Å². The summed E-state index contributed by atoms with van der Waals surface area (Å²) >= 11 is 0. The minimum absolute atomic E-state index is 0.208. The molecule has 1 atom stereocenters. The van der Waals surface area contributed by atoms with Gasteiger partial charge >= 0.3 is 5.97 Å². The molecule has 1 aromatic carbocycles. The van der Waals surface area contributed by atoms with Gasteiger partial charge < -0.3 is 9.30 Å². The number of rotatable bonds is 4. The van der Waals surface area contributed by atoms with E-state index in [0.29, 0.717) is 5.92 Å². The summed E-state index contributed by atoms with van der Waals surface area (Å²) in [7, 11) is 1.43. The molecule has 1 unspecified atom stereocenters. The fraction of sp³-hybridized carbons (Fsp3) is 0.467. The van der Waals surface area contributed by atoms with Crippen LogP contribution in [0.5, 0.6) is 0 Å². The fourth-order valence-electron chi connectivity index (χ4n) is 2.45. The largest absolute Gasteiger partial charge is 0.467 e. The number of carbonyl (C=O) groups excluding carboxylic acids is 1. The molecule has 4 heteroatoms. The summed E-state index contributed by atoms with van der Waals surface area (Å²) in [4.78, 5) is 16.6. The fourth-order valence-corrected chi connectivity index (χ4v) is 2.45. The second-order valence-electron chi connectivity index (χ2n) is 5.19. The molecule has 0 aliphatic heterocycles. The average Bonchev–Trinajstić information content (AvgIpc) is 2.70. The Morgan fingerprint density at radius 1 is 1.37 bits per heavy atom. The van der Waals surface area contributed by atoms with Gasteiger partial charge in [0.1, 0.15) is 11.9 Å². The summed E-state index contributed by atoms with van der Waals surface area (Å²) in [5, 5.41) is 0. The van der Waals surface area contributed by atoms with E-state index >= 15 is 0 Å². The Morgan fingerprint density at radius 2 is 2.05 bits per heavy atom. The van der Waals surface area contributed by atoms with Gasteiger partial charge in [0.25, 0.3) is 0 Å². The molecule has 0 N–H and O–H groups in total. The van der Waals surface area contributed by atoms with Gasteiger partial charge in [-0.25, -0.2) is 9.78 Å². The number of aryl methyl sites for hydroxylation is 1. The third-order valence-corrected chi connectivity index (χ3v) is 3.25. The average molecular weight is 260 g/mol. The molecule has 0 saturated carbocycles. The van der Waals surface area contributed by atoms with E-state index in [0.717, 1.165) is 23.3 Å². The van der Waals surface area contributed by atoms with Crippen LogP contribution in [0.15, 0.2) is 24.3 Å². The van der Waals surface area contributed by atoms with E-state index in [1.165, 1.54) is 7.11 Å². The zero-order chi connectivity index (χ0) is 14.0. The van der Waals surface area contributed by atoms with Crippen molar-refractivity contribution in [1.82, 2.24) is 9.55 Å². The Kier molecular flexibility index (Phi) is 3.88. The molecule has 2 aromatic rings. The van der Waals surface area contributed by atoms with Crippen molar-refractivity contribution in [3.05, 3.63) is 30.1 Å². The van der Waals surface area contributed by atoms with Gasteiger partial charge in [0.15, 0.2) is 0 Å². The topological polar surface area (TPSA) is 44.1 Å². The van der Waals surface area contributed by atoms with Crippen molar-refractivity contribution in [3.8, 4) is 0 Å². The van der Waals surface area contributed by atoms with Gasteiger partial charge in [-0.1, -0.05) is 26.0 Å². The molecule has 0 amide bonds. The van der Waals surface area contributed by atoms with Crippen LogP contribution in [0.1, 0.15) is 32.1 Å². The summed E-state index contributed by atoms with van der Waals surface area (Å²) in [5.41, 5.74) is 1.90. The molecule has 0 saturated heterocycles. The molecule has 0 spiro atoms. The van der Waals surface area contributed by atoms with Crippen molar-refractivity contribution in [2.75, 3.05) is 7.11 Å². The highest BCUT2D eigenvalue weighted by Crippen LogP contribution is 2.26. The van der Waals surface area contributed by atoms with E-state index in [2.05, 4.69) is 18.8 Å². The first-order chi connectivity index (χ1) is 9.04. The van der Waals surface area contributed by atoms with Crippen LogP contribution >= 0.6 is 0 Å². The van der Waals surface area contributed by atoms with Crippen LogP contribution in [-0.2, 0) is 9.53 Å². The van der Waals surface area contributed by atoms with E-state index in [1.807, 2.05) is 35.8 Å². The minimum Gasteiger partial charge on any atom is -0.467 e. The molecule has 19 heavy (non-hydrogen) atoms. The number of hydrogen-bond donors (Lipinski definition) is 0. The van der Waals surface area contributed by atoms with Crippen molar-refractivity contribution in [1.29, 1.82) is 0 Å². The van der Waals surface area contributed by atoms with Crippen LogP contribution in [0.2, 0.25) is 0 Å². The minimum atomic E-state index is -0.308. The van der Waals surface area contributed by atoms with E-state index in [-0.39, 0.29) is 12.0 Å². The molecule has 0 aliphatic rings. The van der Waals surface area contributed by atoms with Crippen molar-refractivity contribution in [2.45, 2.75) is 33.2 Å². The third kappa shape index (κ3) is 2.62. The molecule has 2 rings (SSSR count). The Bertz CT molecular complexity index is 587. The third-order valence-electron chi connectivity index (χ3n) is 3.25. The lowest BCUT2D eigenvalue weighted by Crippen LogP contribution is -2.23. The summed E-state index contributed by atoms with van der Waals surface area (Å²) in [6.07, 6.45) is 0.744. The highest BCUT2D eigenvalue weighted by atomic mass is 16.5. The SMILES string of the molecule is COC(=O)C(CC(C)C)n1c(C)nc2ccccc21. The number of carbonyl (C=O) groups is 1. The molecule has 0 aliphatic carbocycles. The lowest BCUT2D eigenvalue weighted by Gasteiger charge is -2.20. The zero-order valence-electron chi connectivity index (χ0n) is 11.9. The number of imidazole rings is 1. The molecule has 0 fully saturated rings. The highest BCUT2D eigenvalue weighted by molar-refractivity contribution is 5.81. The maximum Gasteiger partial charge on any atom is 0.328 e. The highest BCUT2D eigenvalue weighted by Gasteiger charge is 2.25. The molecular formula is C15H20N2O2. The summed E-state index contributed by atoms with van der Waals surface area (Å²) in [6, 6.07) is 7.56. The Labute approximate surface area is 113 Å². The number of para-hydroxylation sites is 2. The van der Waals surface area contributed by atoms with Gasteiger partial charge in [-0.3, -0.25) is 0 Å². The maximum absolute atomic E-state index is 12.1. The van der Waals surface area contributed by atoms with E-state index in [4.69, 9.17) is 4.74 Å². The molecular weight excluding hydrogens is 240 g/mol. The van der Waals surface area contributed by atoms with Crippen LogP contribution < -0.4 is 0 Å². The standard InChI is InChI=1S/C15H20N2O2/c1-10(2)9-14(15(18)19-4)17-11(3)16-12-7-5-6-8-13(12)17/h5-8,10,14H,9H2,1-4H3. The Morgan fingerprint density at radius 3 is 2.68 bits per heavy atom. The summed E-state index contributed by atoms with van der Waals surface area (Å²) < 4.78 is 6.94. The van der Waals surface area contributed by atoms with Crippen molar-refractivity contribution in [2.24, 2.45) is 5.92 Å². The number of nitrogens with zero attached hydrogens (tertiary/aromatic N) is 2. The molecule has 4 nitrogen and oxygen atoms in total. The zero-order valence-corrected chi connectivity index (χ0v) is 11.9. The number of aromatic nitrogens is 2. The lowest BCUT2D eigenvalue weighted by molar-refractivity contribution is -0.145. The number of methoxy groups -OCH3 is 1. The second-order valence-corrected chi connectivity index (χ2v) is 5.19. The molecule has 1 aromatic heterocycles. The van der Waals surface area contributed by atoms with E-state index in [1.54, 1.807) is 0 Å². The van der Waals surface area contributed by atoms with Crippen LogP contribution in [0, 0.1) is 12.8 Å². The van der Waals surface area contributed by atoms with Gasteiger partial charge in [-0.2, -0.15) is 0 Å². The van der Waals surface area contributed by atoms with E-state index in [9.17, 15) is 4.79 Å². The first kappa shape index (κ1) is 13.6. The van der Waals surface area contributed by atoms with Crippen LogP contribution in [0.4, 0.5) is 0 Å². The van der Waals surface area contributed by atoms with Gasteiger partial charge in [-0.05, 0) is 31.4 Å². The normalized spacial score (nSPS) is 12.9. The summed E-state index contributed by atoms with van der Waals surface area (Å²) in [5.74, 6) is 1.04. The number of ether oxygens (including phenoxy) is 1. The van der Waals surface area contributed by atoms with E-state index < -0.39 is 0 Å². The van der Waals surface area contributed by atoms with Gasteiger partial charge in [0, 0.05) is 0 Å². The number of benzene rings is 1. The van der Waals surface area contributed by atoms with Gasteiger partial charge in [0.2, 0.25) is 0 Å². The molecule has 0 bridgehead atoms. The molecule has 1 heterocycles. The van der Waals surface area contributed by atoms with Crippen LogP contribution in [-0.4, -0.2) is 22.6 Å². The monoisotopic (exact) mass is 260 g/mol. The maximum atomic E-state index is 12.1. The van der Waals surface area contributed by atoms with Crippen LogP contribution in [0.25, 0.3) is 11.0 Å². The first-order valence-corrected chi connectivity index (χ1v) is 6.56. The Hall–Kier alpha value is -1.84. The van der Waals surface area contributed by atoms with Gasteiger partial charge in [0.05, 0.1) is 18.1 Å². The Balaban J connectivity index is 2.55. The van der Waals surface area contributed by atoms with Crippen molar-refractivity contribution < 1.29 is 9.53 Å². The van der Waals surface area contributed by atoms with Crippen molar-refractivity contribution in [3.63, 3.8) is 0 Å². The van der Waals surface area contributed by atoms with Crippen molar-refractivity contribution >= 4 is 17.0 Å². The first-order valence-electron chi connectivity index (χ1n) is 6.56. The smallest absolute Gasteiger partial charge is 0.328 e. The number of hydrogen-bond acceptors (Lipinski definition) is 3. The quantitative estimate of drug-likeness (QED) is 0.793. The second kappa shape index (κ2) is 5.43. The number of fused-ring (bicyclic) bond motifs is 1.